The van der Waals surface area contributed by atoms with Crippen molar-refractivity contribution in [1.29, 1.82) is 0 Å². The largest absolute Gasteiger partial charge is 0.496 e. The van der Waals surface area contributed by atoms with Crippen molar-refractivity contribution in [3.8, 4) is 17.2 Å². The van der Waals surface area contributed by atoms with E-state index in [1.165, 1.54) is 0 Å². The van der Waals surface area contributed by atoms with Gasteiger partial charge in [-0.25, -0.2) is 0 Å². The Hall–Kier alpha value is -2.07. The lowest BCUT2D eigenvalue weighted by Crippen LogP contribution is -1.94. The smallest absolute Gasteiger partial charge is 0.231 e. The van der Waals surface area contributed by atoms with Crippen LogP contribution in [0, 0.1) is 0 Å². The summed E-state index contributed by atoms with van der Waals surface area (Å²) in [6, 6.07) is 3.64. The first kappa shape index (κ1) is 10.4. The third kappa shape index (κ3) is 1.97. The van der Waals surface area contributed by atoms with Gasteiger partial charge in [-0.15, -0.1) is 0 Å². The van der Waals surface area contributed by atoms with Gasteiger partial charge >= 0.3 is 0 Å². The zero-order chi connectivity index (χ0) is 11.4. The fourth-order valence-electron chi connectivity index (χ4n) is 1.57. The van der Waals surface area contributed by atoms with Crippen LogP contribution >= 0.6 is 0 Å². The van der Waals surface area contributed by atoms with E-state index < -0.39 is 0 Å². The van der Waals surface area contributed by atoms with Gasteiger partial charge in [0.2, 0.25) is 6.79 Å². The lowest BCUT2D eigenvalue weighted by molar-refractivity contribution is 0.174. The van der Waals surface area contributed by atoms with Crippen LogP contribution in [0.3, 0.4) is 0 Å². The molecule has 1 aliphatic heterocycles. The van der Waals surface area contributed by atoms with Gasteiger partial charge in [0.25, 0.3) is 0 Å². The first-order chi connectivity index (χ1) is 7.85. The van der Waals surface area contributed by atoms with Crippen molar-refractivity contribution in [2.24, 2.45) is 5.11 Å². The number of hydrogen-bond donors (Lipinski definition) is 0. The standard InChI is InChI=1S/C10H11N3O3/c1-14-8-5-10-9(15-6-16-10)4-7(8)2-3-12-13-11/h4-5H,2-3,6H2,1H3. The predicted octanol–water partition coefficient (Wildman–Crippen LogP) is 2.28. The highest BCUT2D eigenvalue weighted by Gasteiger charge is 2.17. The fourth-order valence-corrected chi connectivity index (χ4v) is 1.57. The number of ether oxygens (including phenoxy) is 3. The van der Waals surface area contributed by atoms with Crippen LogP contribution in [0.25, 0.3) is 10.4 Å². The highest BCUT2D eigenvalue weighted by atomic mass is 16.7. The van der Waals surface area contributed by atoms with E-state index in [9.17, 15) is 0 Å². The molecule has 0 aromatic heterocycles. The molecule has 0 saturated carbocycles. The average Bonchev–Trinajstić information content (AvgIpc) is 2.75. The van der Waals surface area contributed by atoms with Gasteiger partial charge < -0.3 is 14.2 Å². The van der Waals surface area contributed by atoms with E-state index in [1.54, 1.807) is 13.2 Å². The van der Waals surface area contributed by atoms with E-state index >= 15 is 0 Å². The van der Waals surface area contributed by atoms with E-state index in [2.05, 4.69) is 10.0 Å². The first-order valence-electron chi connectivity index (χ1n) is 4.82. The Kier molecular flexibility index (Phi) is 3.03. The van der Waals surface area contributed by atoms with Gasteiger partial charge in [-0.05, 0) is 23.6 Å². The Morgan fingerprint density at radius 3 is 2.88 bits per heavy atom. The first-order valence-corrected chi connectivity index (χ1v) is 4.82. The molecule has 6 heteroatoms. The Balaban J connectivity index is 2.25. The highest BCUT2D eigenvalue weighted by molar-refractivity contribution is 5.51. The number of methoxy groups -OCH3 is 1. The summed E-state index contributed by atoms with van der Waals surface area (Å²) in [5, 5.41) is 3.49. The van der Waals surface area contributed by atoms with E-state index in [0.717, 1.165) is 11.3 Å². The van der Waals surface area contributed by atoms with Crippen molar-refractivity contribution >= 4 is 0 Å². The van der Waals surface area contributed by atoms with Gasteiger partial charge in [0, 0.05) is 17.5 Å². The zero-order valence-corrected chi connectivity index (χ0v) is 8.84. The van der Waals surface area contributed by atoms with Crippen LogP contribution < -0.4 is 14.2 Å². The minimum atomic E-state index is 0.234. The monoisotopic (exact) mass is 221 g/mol. The predicted molar refractivity (Wildman–Crippen MR) is 56.8 cm³/mol. The molecule has 1 aromatic rings. The summed E-state index contributed by atoms with van der Waals surface area (Å²) in [4.78, 5) is 2.71. The summed E-state index contributed by atoms with van der Waals surface area (Å²) in [5.74, 6) is 2.11. The molecular formula is C10H11N3O3. The lowest BCUT2D eigenvalue weighted by atomic mass is 10.1. The quantitative estimate of drug-likeness (QED) is 0.444. The van der Waals surface area contributed by atoms with Crippen molar-refractivity contribution in [2.45, 2.75) is 6.42 Å². The number of rotatable bonds is 4. The van der Waals surface area contributed by atoms with E-state index in [-0.39, 0.29) is 6.79 Å². The molecule has 84 valence electrons. The maximum Gasteiger partial charge on any atom is 0.231 e. The van der Waals surface area contributed by atoms with Gasteiger partial charge in [-0.1, -0.05) is 5.11 Å². The molecule has 0 N–H and O–H groups in total. The van der Waals surface area contributed by atoms with E-state index in [4.69, 9.17) is 19.7 Å². The molecule has 0 spiro atoms. The van der Waals surface area contributed by atoms with E-state index in [1.807, 2.05) is 6.07 Å². The summed E-state index contributed by atoms with van der Waals surface area (Å²) < 4.78 is 15.7. The molecule has 0 fully saturated rings. The molecule has 1 aromatic carbocycles. The van der Waals surface area contributed by atoms with Crippen LogP contribution in [-0.4, -0.2) is 20.4 Å². The van der Waals surface area contributed by atoms with Crippen LogP contribution in [0.4, 0.5) is 0 Å². The second-order valence-electron chi connectivity index (χ2n) is 3.22. The normalized spacial score (nSPS) is 12.1. The Bertz CT molecular complexity index is 441. The summed E-state index contributed by atoms with van der Waals surface area (Å²) in [6.45, 7) is 0.630. The molecule has 1 heterocycles. The molecule has 0 amide bonds. The van der Waals surface area contributed by atoms with Crippen molar-refractivity contribution in [3.63, 3.8) is 0 Å². The molecule has 6 nitrogen and oxygen atoms in total. The molecule has 0 unspecified atom stereocenters. The van der Waals surface area contributed by atoms with E-state index in [0.29, 0.717) is 24.5 Å². The van der Waals surface area contributed by atoms with Crippen LogP contribution in [0.5, 0.6) is 17.2 Å². The molecule has 0 radical (unpaired) electrons. The van der Waals surface area contributed by atoms with Crippen LogP contribution in [-0.2, 0) is 6.42 Å². The third-order valence-electron chi connectivity index (χ3n) is 2.32. The second kappa shape index (κ2) is 4.63. The molecule has 0 atom stereocenters. The van der Waals surface area contributed by atoms with Crippen molar-refractivity contribution in [1.82, 2.24) is 0 Å². The number of nitrogens with zero attached hydrogens (tertiary/aromatic N) is 3. The topological polar surface area (TPSA) is 76.5 Å². The summed E-state index contributed by atoms with van der Waals surface area (Å²) in [7, 11) is 1.59. The average molecular weight is 221 g/mol. The SMILES string of the molecule is COc1cc2c(cc1CCN=[N+]=[N-])OCO2. The molecule has 2 rings (SSSR count). The van der Waals surface area contributed by atoms with Crippen molar-refractivity contribution < 1.29 is 14.2 Å². The van der Waals surface area contributed by atoms with Gasteiger partial charge in [-0.2, -0.15) is 0 Å². The molecular weight excluding hydrogens is 210 g/mol. The summed E-state index contributed by atoms with van der Waals surface area (Å²) in [6.07, 6.45) is 0.615. The number of benzene rings is 1. The Morgan fingerprint density at radius 1 is 1.44 bits per heavy atom. The number of azide groups is 1. The number of fused-ring (bicyclic) bond motifs is 1. The van der Waals surface area contributed by atoms with Gasteiger partial charge in [0.05, 0.1) is 7.11 Å². The van der Waals surface area contributed by atoms with Crippen LogP contribution in [0.1, 0.15) is 5.56 Å². The van der Waals surface area contributed by atoms with Crippen molar-refractivity contribution in [2.75, 3.05) is 20.4 Å². The van der Waals surface area contributed by atoms with Crippen LogP contribution in [0.15, 0.2) is 17.2 Å². The molecule has 1 aliphatic rings. The van der Waals surface area contributed by atoms with Crippen LogP contribution in [0.2, 0.25) is 0 Å². The van der Waals surface area contributed by atoms with Crippen molar-refractivity contribution in [3.05, 3.63) is 28.1 Å². The summed E-state index contributed by atoms with van der Waals surface area (Å²) in [5.41, 5.74) is 9.15. The Morgan fingerprint density at radius 2 is 2.19 bits per heavy atom. The minimum Gasteiger partial charge on any atom is -0.496 e. The van der Waals surface area contributed by atoms with Gasteiger partial charge in [0.15, 0.2) is 11.5 Å². The van der Waals surface area contributed by atoms with Gasteiger partial charge in [-0.3, -0.25) is 0 Å². The Labute approximate surface area is 92.4 Å². The zero-order valence-electron chi connectivity index (χ0n) is 8.84. The maximum atomic E-state index is 8.21. The highest BCUT2D eigenvalue weighted by Crippen LogP contribution is 2.38. The summed E-state index contributed by atoms with van der Waals surface area (Å²) >= 11 is 0. The fraction of sp³-hybridized carbons (Fsp3) is 0.400. The molecule has 16 heavy (non-hydrogen) atoms. The maximum absolute atomic E-state index is 8.21. The minimum absolute atomic E-state index is 0.234. The number of hydrogen-bond acceptors (Lipinski definition) is 4. The molecule has 0 saturated heterocycles. The second-order valence-corrected chi connectivity index (χ2v) is 3.22. The van der Waals surface area contributed by atoms with Gasteiger partial charge in [0.1, 0.15) is 5.75 Å². The molecule has 0 aliphatic carbocycles. The third-order valence-corrected chi connectivity index (χ3v) is 2.32. The molecule has 0 bridgehead atoms. The lowest BCUT2D eigenvalue weighted by Gasteiger charge is -2.08.